The molecule has 0 aromatic rings. The minimum atomic E-state index is -0.630. The van der Waals surface area contributed by atoms with Crippen LogP contribution in [0.2, 0.25) is 0 Å². The number of rotatable bonds is 1. The van der Waals surface area contributed by atoms with E-state index in [2.05, 4.69) is 24.3 Å². The van der Waals surface area contributed by atoms with Gasteiger partial charge >= 0.3 is 0 Å². The summed E-state index contributed by atoms with van der Waals surface area (Å²) in [5.74, 6) is 0.194. The largest absolute Gasteiger partial charge is 0.390 e. The van der Waals surface area contributed by atoms with Gasteiger partial charge in [-0.1, -0.05) is 24.3 Å². The second-order valence-corrected chi connectivity index (χ2v) is 4.41. The van der Waals surface area contributed by atoms with Crippen LogP contribution in [0, 0.1) is 5.92 Å². The van der Waals surface area contributed by atoms with Crippen molar-refractivity contribution in [3.05, 3.63) is 35.5 Å². The van der Waals surface area contributed by atoms with Crippen LogP contribution in [0.15, 0.2) is 35.5 Å². The molecule has 2 rings (SSSR count). The lowest BCUT2D eigenvalue weighted by molar-refractivity contribution is 0.0522. The molecule has 1 N–H and O–H groups in total. The Morgan fingerprint density at radius 1 is 1.38 bits per heavy atom. The molecule has 0 aliphatic heterocycles. The minimum Gasteiger partial charge on any atom is -0.390 e. The molecule has 0 bridgehead atoms. The SMILES string of the molecule is CC(C)(O)C1C=CC2=C1C=CCC2. The molecule has 2 aliphatic carbocycles. The van der Waals surface area contributed by atoms with Crippen molar-refractivity contribution in [1.29, 1.82) is 0 Å². The molecule has 0 saturated heterocycles. The zero-order valence-corrected chi connectivity index (χ0v) is 8.25. The molecule has 70 valence electrons. The van der Waals surface area contributed by atoms with Gasteiger partial charge in [-0.3, -0.25) is 0 Å². The standard InChI is InChI=1S/C12H16O/c1-12(2,13)11-8-7-9-5-3-4-6-10(9)11/h4,6-8,11,13H,3,5H2,1-2H3. The molecule has 0 amide bonds. The van der Waals surface area contributed by atoms with Crippen LogP contribution in [0.3, 0.4) is 0 Å². The van der Waals surface area contributed by atoms with E-state index in [1.54, 1.807) is 0 Å². The van der Waals surface area contributed by atoms with Crippen molar-refractivity contribution in [2.45, 2.75) is 32.3 Å². The number of hydrogen-bond acceptors (Lipinski definition) is 1. The van der Waals surface area contributed by atoms with E-state index in [1.807, 2.05) is 13.8 Å². The molecule has 0 saturated carbocycles. The van der Waals surface area contributed by atoms with E-state index in [9.17, 15) is 5.11 Å². The van der Waals surface area contributed by atoms with Crippen LogP contribution in [0.5, 0.6) is 0 Å². The summed E-state index contributed by atoms with van der Waals surface area (Å²) in [6.07, 6.45) is 10.9. The van der Waals surface area contributed by atoms with Gasteiger partial charge in [-0.05, 0) is 37.8 Å². The minimum absolute atomic E-state index is 0.194. The molecule has 1 unspecified atom stereocenters. The predicted octanol–water partition coefficient (Wildman–Crippen LogP) is 2.59. The summed E-state index contributed by atoms with van der Waals surface area (Å²) in [6, 6.07) is 0. The first-order chi connectivity index (χ1) is 6.09. The second-order valence-electron chi connectivity index (χ2n) is 4.41. The molecule has 1 atom stereocenters. The van der Waals surface area contributed by atoms with Crippen molar-refractivity contribution < 1.29 is 5.11 Å². The van der Waals surface area contributed by atoms with Crippen LogP contribution in [0.4, 0.5) is 0 Å². The van der Waals surface area contributed by atoms with E-state index in [0.717, 1.165) is 12.8 Å². The molecule has 2 aliphatic rings. The average Bonchev–Trinajstić information content (AvgIpc) is 2.45. The average molecular weight is 176 g/mol. The maximum absolute atomic E-state index is 9.94. The first kappa shape index (κ1) is 8.76. The zero-order chi connectivity index (χ0) is 9.47. The first-order valence-corrected chi connectivity index (χ1v) is 4.89. The normalized spacial score (nSPS) is 26.8. The third-order valence-electron chi connectivity index (χ3n) is 2.83. The topological polar surface area (TPSA) is 20.2 Å². The van der Waals surface area contributed by atoms with Crippen LogP contribution in [0.1, 0.15) is 26.7 Å². The zero-order valence-electron chi connectivity index (χ0n) is 8.25. The van der Waals surface area contributed by atoms with E-state index in [0.29, 0.717) is 0 Å². The summed E-state index contributed by atoms with van der Waals surface area (Å²) in [4.78, 5) is 0. The fraction of sp³-hybridized carbons (Fsp3) is 0.500. The van der Waals surface area contributed by atoms with Crippen LogP contribution in [0.25, 0.3) is 0 Å². The highest BCUT2D eigenvalue weighted by Crippen LogP contribution is 2.37. The monoisotopic (exact) mass is 176 g/mol. The van der Waals surface area contributed by atoms with Crippen molar-refractivity contribution in [3.63, 3.8) is 0 Å². The van der Waals surface area contributed by atoms with Crippen molar-refractivity contribution in [2.24, 2.45) is 5.92 Å². The quantitative estimate of drug-likeness (QED) is 0.651. The number of allylic oxidation sites excluding steroid dienone is 4. The van der Waals surface area contributed by atoms with Gasteiger partial charge < -0.3 is 5.11 Å². The Hall–Kier alpha value is -0.820. The highest BCUT2D eigenvalue weighted by Gasteiger charge is 2.31. The summed E-state index contributed by atoms with van der Waals surface area (Å²) in [7, 11) is 0. The summed E-state index contributed by atoms with van der Waals surface area (Å²) >= 11 is 0. The van der Waals surface area contributed by atoms with E-state index in [1.165, 1.54) is 11.1 Å². The smallest absolute Gasteiger partial charge is 0.0694 e. The lowest BCUT2D eigenvalue weighted by atomic mass is 9.84. The lowest BCUT2D eigenvalue weighted by Crippen LogP contribution is -2.29. The van der Waals surface area contributed by atoms with Crippen molar-refractivity contribution >= 4 is 0 Å². The maximum atomic E-state index is 9.94. The third-order valence-corrected chi connectivity index (χ3v) is 2.83. The van der Waals surface area contributed by atoms with Crippen molar-refractivity contribution in [3.8, 4) is 0 Å². The summed E-state index contributed by atoms with van der Waals surface area (Å²) in [6.45, 7) is 3.75. The molecule has 0 heterocycles. The molecule has 0 aromatic carbocycles. The third kappa shape index (κ3) is 1.49. The van der Waals surface area contributed by atoms with Crippen molar-refractivity contribution in [2.75, 3.05) is 0 Å². The highest BCUT2D eigenvalue weighted by atomic mass is 16.3. The predicted molar refractivity (Wildman–Crippen MR) is 54.3 cm³/mol. The number of hydrogen-bond donors (Lipinski definition) is 1. The Kier molecular flexibility index (Phi) is 1.92. The summed E-state index contributed by atoms with van der Waals surface area (Å²) in [5, 5.41) is 9.94. The van der Waals surface area contributed by atoms with Gasteiger partial charge in [-0.2, -0.15) is 0 Å². The summed E-state index contributed by atoms with van der Waals surface area (Å²) < 4.78 is 0. The fourth-order valence-corrected chi connectivity index (χ4v) is 2.12. The molecular formula is C12H16O. The molecule has 1 heteroatoms. The Bertz CT molecular complexity index is 300. The molecular weight excluding hydrogens is 160 g/mol. The van der Waals surface area contributed by atoms with Gasteiger partial charge in [0, 0.05) is 5.92 Å². The lowest BCUT2D eigenvalue weighted by Gasteiger charge is -2.27. The molecule has 13 heavy (non-hydrogen) atoms. The van der Waals surface area contributed by atoms with Gasteiger partial charge in [0.2, 0.25) is 0 Å². The maximum Gasteiger partial charge on any atom is 0.0694 e. The molecule has 1 nitrogen and oxygen atoms in total. The van der Waals surface area contributed by atoms with Gasteiger partial charge in [0.15, 0.2) is 0 Å². The fourth-order valence-electron chi connectivity index (χ4n) is 2.12. The molecule has 0 fully saturated rings. The Morgan fingerprint density at radius 2 is 2.15 bits per heavy atom. The Balaban J connectivity index is 2.32. The van der Waals surface area contributed by atoms with Gasteiger partial charge in [-0.15, -0.1) is 0 Å². The molecule has 0 spiro atoms. The summed E-state index contributed by atoms with van der Waals surface area (Å²) in [5.41, 5.74) is 2.10. The van der Waals surface area contributed by atoms with E-state index >= 15 is 0 Å². The molecule has 0 aromatic heterocycles. The number of aliphatic hydroxyl groups is 1. The van der Waals surface area contributed by atoms with E-state index < -0.39 is 5.60 Å². The van der Waals surface area contributed by atoms with E-state index in [4.69, 9.17) is 0 Å². The highest BCUT2D eigenvalue weighted by molar-refractivity contribution is 5.46. The first-order valence-electron chi connectivity index (χ1n) is 4.89. The van der Waals surface area contributed by atoms with Crippen LogP contribution in [-0.2, 0) is 0 Å². The van der Waals surface area contributed by atoms with Gasteiger partial charge in [0.1, 0.15) is 0 Å². The van der Waals surface area contributed by atoms with Crippen molar-refractivity contribution in [1.82, 2.24) is 0 Å². The van der Waals surface area contributed by atoms with E-state index in [-0.39, 0.29) is 5.92 Å². The second kappa shape index (κ2) is 2.85. The van der Waals surface area contributed by atoms with Gasteiger partial charge in [-0.25, -0.2) is 0 Å². The Labute approximate surface area is 79.5 Å². The van der Waals surface area contributed by atoms with Crippen LogP contribution < -0.4 is 0 Å². The van der Waals surface area contributed by atoms with Gasteiger partial charge in [0.25, 0.3) is 0 Å². The Morgan fingerprint density at radius 3 is 2.85 bits per heavy atom. The van der Waals surface area contributed by atoms with Gasteiger partial charge in [0.05, 0.1) is 5.60 Å². The molecule has 0 radical (unpaired) electrons. The van der Waals surface area contributed by atoms with Crippen LogP contribution in [-0.4, -0.2) is 10.7 Å². The van der Waals surface area contributed by atoms with Crippen LogP contribution >= 0.6 is 0 Å².